The Kier molecular flexibility index (Phi) is 5.32. The van der Waals surface area contributed by atoms with Crippen molar-refractivity contribution in [3.8, 4) is 5.75 Å². The fourth-order valence-corrected chi connectivity index (χ4v) is 2.89. The number of likely N-dealkylation sites (tertiary alicyclic amines) is 1. The molecule has 0 radical (unpaired) electrons. The average Bonchev–Trinajstić information content (AvgIpc) is 2.47. The topological polar surface area (TPSA) is 85.9 Å². The molecule has 1 fully saturated rings. The molecule has 2 rings (SSSR count). The molecule has 22 heavy (non-hydrogen) atoms. The molecular formula is C15H22N3O4+. The molecule has 1 aliphatic rings. The maximum atomic E-state index is 12.2. The van der Waals surface area contributed by atoms with Gasteiger partial charge >= 0.3 is 0 Å². The second kappa shape index (κ2) is 7.22. The number of ether oxygens (including phenoxy) is 1. The van der Waals surface area contributed by atoms with Crippen LogP contribution in [0.15, 0.2) is 18.2 Å². The number of amides is 1. The molecule has 7 nitrogen and oxygen atoms in total. The largest absolute Gasteiger partial charge is 0.495 e. The SMILES string of the molecule is COc1ccc([N+](=O)[O-])cc1NC(=O)C[NH+]1CCC[C@H](C)C1. The Balaban J connectivity index is 2.03. The molecule has 0 saturated carbocycles. The highest BCUT2D eigenvalue weighted by Crippen LogP contribution is 2.28. The molecule has 1 aromatic rings. The van der Waals surface area contributed by atoms with Crippen LogP contribution in [0.1, 0.15) is 19.8 Å². The Bertz CT molecular complexity index is 562. The molecule has 1 aromatic carbocycles. The highest BCUT2D eigenvalue weighted by Gasteiger charge is 2.23. The predicted octanol–water partition coefficient (Wildman–Crippen LogP) is 0.857. The van der Waals surface area contributed by atoms with Gasteiger partial charge in [-0.3, -0.25) is 14.9 Å². The van der Waals surface area contributed by atoms with E-state index in [0.717, 1.165) is 19.5 Å². The maximum Gasteiger partial charge on any atom is 0.279 e. The molecule has 1 saturated heterocycles. The molecule has 7 heteroatoms. The van der Waals surface area contributed by atoms with Crippen LogP contribution in [0, 0.1) is 16.0 Å². The van der Waals surface area contributed by atoms with Crippen LogP contribution in [0.25, 0.3) is 0 Å². The van der Waals surface area contributed by atoms with Crippen molar-refractivity contribution in [1.29, 1.82) is 0 Å². The van der Waals surface area contributed by atoms with Crippen LogP contribution >= 0.6 is 0 Å². The van der Waals surface area contributed by atoms with Gasteiger partial charge in [0.15, 0.2) is 6.54 Å². The lowest BCUT2D eigenvalue weighted by Gasteiger charge is -2.27. The van der Waals surface area contributed by atoms with Crippen molar-refractivity contribution in [1.82, 2.24) is 0 Å². The van der Waals surface area contributed by atoms with E-state index in [2.05, 4.69) is 12.2 Å². The first-order valence-corrected chi connectivity index (χ1v) is 7.45. The highest BCUT2D eigenvalue weighted by molar-refractivity contribution is 5.93. The zero-order valence-electron chi connectivity index (χ0n) is 12.9. The van der Waals surface area contributed by atoms with Gasteiger partial charge in [0, 0.05) is 18.1 Å². The van der Waals surface area contributed by atoms with E-state index < -0.39 is 4.92 Å². The van der Waals surface area contributed by atoms with Gasteiger partial charge in [-0.25, -0.2) is 0 Å². The zero-order valence-corrected chi connectivity index (χ0v) is 12.9. The van der Waals surface area contributed by atoms with Crippen LogP contribution in [0.4, 0.5) is 11.4 Å². The molecule has 120 valence electrons. The third-order valence-electron chi connectivity index (χ3n) is 3.94. The molecule has 0 aromatic heterocycles. The molecule has 1 aliphatic heterocycles. The Labute approximate surface area is 129 Å². The van der Waals surface area contributed by atoms with Crippen molar-refractivity contribution in [3.05, 3.63) is 28.3 Å². The van der Waals surface area contributed by atoms with Gasteiger partial charge in [0.2, 0.25) is 0 Å². The van der Waals surface area contributed by atoms with Crippen LogP contribution < -0.4 is 15.0 Å². The summed E-state index contributed by atoms with van der Waals surface area (Å²) in [5, 5.41) is 13.6. The van der Waals surface area contributed by atoms with Gasteiger partial charge in [-0.1, -0.05) is 6.92 Å². The number of carbonyl (C=O) groups excluding carboxylic acids is 1. The molecule has 1 amide bonds. The number of hydrogen-bond donors (Lipinski definition) is 2. The van der Waals surface area contributed by atoms with Crippen molar-refractivity contribution in [2.24, 2.45) is 5.92 Å². The number of nitro groups is 1. The molecule has 1 unspecified atom stereocenters. The van der Waals surface area contributed by atoms with Crippen LogP contribution in [0.3, 0.4) is 0 Å². The number of nitrogens with zero attached hydrogens (tertiary/aromatic N) is 1. The Morgan fingerprint density at radius 3 is 2.95 bits per heavy atom. The lowest BCUT2D eigenvalue weighted by Crippen LogP contribution is -3.14. The van der Waals surface area contributed by atoms with Crippen molar-refractivity contribution in [2.75, 3.05) is 32.1 Å². The molecule has 0 bridgehead atoms. The van der Waals surface area contributed by atoms with E-state index in [1.807, 2.05) is 0 Å². The van der Waals surface area contributed by atoms with Crippen molar-refractivity contribution in [2.45, 2.75) is 19.8 Å². The number of non-ortho nitro benzene ring substituents is 1. The summed E-state index contributed by atoms with van der Waals surface area (Å²) in [6, 6.07) is 4.17. The predicted molar refractivity (Wildman–Crippen MR) is 82.2 cm³/mol. The molecule has 1 heterocycles. The standard InChI is InChI=1S/C15H21N3O4/c1-11-4-3-7-17(9-11)10-15(19)16-13-8-12(18(20)21)5-6-14(13)22-2/h5-6,8,11H,3-4,7,9-10H2,1-2H3,(H,16,19)/p+1/t11-/m0/s1. The Morgan fingerprint density at radius 2 is 2.32 bits per heavy atom. The van der Waals surface area contributed by atoms with E-state index in [4.69, 9.17) is 4.74 Å². The van der Waals surface area contributed by atoms with Crippen molar-refractivity contribution in [3.63, 3.8) is 0 Å². The third kappa shape index (κ3) is 4.17. The van der Waals surface area contributed by atoms with Gasteiger partial charge in [-0.2, -0.15) is 0 Å². The first kappa shape index (κ1) is 16.2. The molecule has 0 spiro atoms. The molecule has 2 atom stereocenters. The van der Waals surface area contributed by atoms with E-state index in [0.29, 0.717) is 23.9 Å². The van der Waals surface area contributed by atoms with Gasteiger partial charge in [0.25, 0.3) is 11.6 Å². The summed E-state index contributed by atoms with van der Waals surface area (Å²) in [6.07, 6.45) is 2.34. The minimum absolute atomic E-state index is 0.0740. The van der Waals surface area contributed by atoms with E-state index in [9.17, 15) is 14.9 Å². The lowest BCUT2D eigenvalue weighted by atomic mass is 10.0. The quantitative estimate of drug-likeness (QED) is 0.624. The molecular weight excluding hydrogens is 286 g/mol. The number of benzene rings is 1. The van der Waals surface area contributed by atoms with Gasteiger partial charge in [0.05, 0.1) is 30.8 Å². The number of methoxy groups -OCH3 is 1. The van der Waals surface area contributed by atoms with Gasteiger partial charge in [-0.15, -0.1) is 0 Å². The number of piperidine rings is 1. The molecule has 0 aliphatic carbocycles. The summed E-state index contributed by atoms with van der Waals surface area (Å²) in [4.78, 5) is 23.8. The van der Waals surface area contributed by atoms with Crippen LogP contribution in [-0.2, 0) is 4.79 Å². The van der Waals surface area contributed by atoms with Crippen LogP contribution in [0.2, 0.25) is 0 Å². The third-order valence-corrected chi connectivity index (χ3v) is 3.94. The first-order chi connectivity index (χ1) is 10.5. The van der Waals surface area contributed by atoms with E-state index >= 15 is 0 Å². The van der Waals surface area contributed by atoms with Gasteiger partial charge < -0.3 is 15.0 Å². The first-order valence-electron chi connectivity index (χ1n) is 7.45. The van der Waals surface area contributed by atoms with Crippen LogP contribution in [0.5, 0.6) is 5.75 Å². The second-order valence-electron chi connectivity index (χ2n) is 5.82. The Hall–Kier alpha value is -2.15. The monoisotopic (exact) mass is 308 g/mol. The summed E-state index contributed by atoms with van der Waals surface area (Å²) >= 11 is 0. The number of carbonyl (C=O) groups is 1. The Morgan fingerprint density at radius 1 is 1.55 bits per heavy atom. The van der Waals surface area contributed by atoms with E-state index in [1.54, 1.807) is 0 Å². The normalized spacial score (nSPS) is 21.2. The minimum Gasteiger partial charge on any atom is -0.495 e. The fraction of sp³-hybridized carbons (Fsp3) is 0.533. The van der Waals surface area contributed by atoms with Crippen molar-refractivity contribution >= 4 is 17.3 Å². The number of nitro benzene ring substituents is 1. The highest BCUT2D eigenvalue weighted by atomic mass is 16.6. The van der Waals surface area contributed by atoms with Gasteiger partial charge in [-0.05, 0) is 18.9 Å². The van der Waals surface area contributed by atoms with E-state index in [1.165, 1.54) is 36.6 Å². The summed E-state index contributed by atoms with van der Waals surface area (Å²) in [5.74, 6) is 0.896. The number of hydrogen-bond acceptors (Lipinski definition) is 4. The van der Waals surface area contributed by atoms with Crippen LogP contribution in [-0.4, -0.2) is 37.6 Å². The number of anilines is 1. The fourth-order valence-electron chi connectivity index (χ4n) is 2.89. The number of rotatable bonds is 5. The average molecular weight is 308 g/mol. The van der Waals surface area contributed by atoms with Gasteiger partial charge in [0.1, 0.15) is 5.75 Å². The number of nitrogens with one attached hydrogen (secondary N) is 2. The molecule has 2 N–H and O–H groups in total. The van der Waals surface area contributed by atoms with E-state index in [-0.39, 0.29) is 11.6 Å². The summed E-state index contributed by atoms with van der Waals surface area (Å²) in [7, 11) is 1.47. The maximum absolute atomic E-state index is 12.2. The lowest BCUT2D eigenvalue weighted by molar-refractivity contribution is -0.900. The summed E-state index contributed by atoms with van der Waals surface area (Å²) in [5.41, 5.74) is 0.265. The smallest absolute Gasteiger partial charge is 0.279 e. The second-order valence-corrected chi connectivity index (χ2v) is 5.82. The minimum atomic E-state index is -0.493. The zero-order chi connectivity index (χ0) is 16.1. The number of quaternary nitrogens is 1. The summed E-state index contributed by atoms with van der Waals surface area (Å²) < 4.78 is 5.14. The van der Waals surface area contributed by atoms with Crippen molar-refractivity contribution < 1.29 is 19.4 Å². The summed E-state index contributed by atoms with van der Waals surface area (Å²) in [6.45, 7) is 4.54.